The summed E-state index contributed by atoms with van der Waals surface area (Å²) in [6.45, 7) is 8.66. The van der Waals surface area contributed by atoms with E-state index in [0.29, 0.717) is 6.04 Å². The van der Waals surface area contributed by atoms with Crippen LogP contribution in [0.4, 0.5) is 5.95 Å². The highest BCUT2D eigenvalue weighted by atomic mass is 15.3. The number of hydrogen-bond donors (Lipinski definition) is 1. The monoisotopic (exact) mass is 208 g/mol. The molecule has 4 heteroatoms. The SMILES string of the molecule is CCCn1ccnc1N1CCN[C@H](C)C1. The minimum Gasteiger partial charge on any atom is -0.339 e. The maximum atomic E-state index is 4.45. The smallest absolute Gasteiger partial charge is 0.205 e. The molecule has 15 heavy (non-hydrogen) atoms. The minimum absolute atomic E-state index is 0.561. The van der Waals surface area contributed by atoms with Gasteiger partial charge in [-0.15, -0.1) is 0 Å². The van der Waals surface area contributed by atoms with Crippen LogP contribution in [0.3, 0.4) is 0 Å². The van der Waals surface area contributed by atoms with Crippen molar-refractivity contribution in [1.82, 2.24) is 14.9 Å². The van der Waals surface area contributed by atoms with Gasteiger partial charge in [-0.3, -0.25) is 0 Å². The van der Waals surface area contributed by atoms with Gasteiger partial charge in [-0.2, -0.15) is 0 Å². The molecule has 1 saturated heterocycles. The first-order valence-electron chi connectivity index (χ1n) is 5.80. The van der Waals surface area contributed by atoms with E-state index in [-0.39, 0.29) is 0 Å². The van der Waals surface area contributed by atoms with Gasteiger partial charge in [0.25, 0.3) is 0 Å². The highest BCUT2D eigenvalue weighted by molar-refractivity contribution is 5.32. The molecule has 0 saturated carbocycles. The number of aromatic nitrogens is 2. The molecule has 1 atom stereocenters. The van der Waals surface area contributed by atoms with Gasteiger partial charge in [0.1, 0.15) is 0 Å². The topological polar surface area (TPSA) is 33.1 Å². The summed E-state index contributed by atoms with van der Waals surface area (Å²) in [5.74, 6) is 1.13. The third-order valence-corrected chi connectivity index (χ3v) is 2.81. The molecule has 2 rings (SSSR count). The lowest BCUT2D eigenvalue weighted by Crippen LogP contribution is -2.50. The lowest BCUT2D eigenvalue weighted by atomic mass is 10.2. The number of imidazole rings is 1. The van der Waals surface area contributed by atoms with Crippen LogP contribution < -0.4 is 10.2 Å². The zero-order valence-corrected chi connectivity index (χ0v) is 9.61. The molecule has 2 heterocycles. The fourth-order valence-corrected chi connectivity index (χ4v) is 2.11. The number of rotatable bonds is 3. The molecule has 0 unspecified atom stereocenters. The second-order valence-electron chi connectivity index (χ2n) is 4.22. The van der Waals surface area contributed by atoms with E-state index >= 15 is 0 Å². The molecular formula is C11H20N4. The molecule has 84 valence electrons. The predicted molar refractivity (Wildman–Crippen MR) is 62.2 cm³/mol. The third-order valence-electron chi connectivity index (χ3n) is 2.81. The van der Waals surface area contributed by atoms with Gasteiger partial charge in [0.2, 0.25) is 5.95 Å². The van der Waals surface area contributed by atoms with Crippen LogP contribution in [0, 0.1) is 0 Å². The normalized spacial score (nSPS) is 22.0. The highest BCUT2D eigenvalue weighted by Gasteiger charge is 2.18. The summed E-state index contributed by atoms with van der Waals surface area (Å²) < 4.78 is 2.25. The number of hydrogen-bond acceptors (Lipinski definition) is 3. The van der Waals surface area contributed by atoms with Crippen molar-refractivity contribution in [2.75, 3.05) is 24.5 Å². The maximum Gasteiger partial charge on any atom is 0.205 e. The highest BCUT2D eigenvalue weighted by Crippen LogP contribution is 2.14. The van der Waals surface area contributed by atoms with Gasteiger partial charge >= 0.3 is 0 Å². The number of nitrogens with zero attached hydrogens (tertiary/aromatic N) is 3. The lowest BCUT2D eigenvalue weighted by molar-refractivity contribution is 0.473. The average molecular weight is 208 g/mol. The molecule has 1 fully saturated rings. The van der Waals surface area contributed by atoms with Gasteiger partial charge in [0, 0.05) is 44.6 Å². The summed E-state index contributed by atoms with van der Waals surface area (Å²) >= 11 is 0. The number of piperazine rings is 1. The van der Waals surface area contributed by atoms with Gasteiger partial charge in [0.15, 0.2) is 0 Å². The van der Waals surface area contributed by atoms with Crippen LogP contribution in [-0.4, -0.2) is 35.2 Å². The summed E-state index contributed by atoms with van der Waals surface area (Å²) in [6, 6.07) is 0.561. The quantitative estimate of drug-likeness (QED) is 0.807. The summed E-state index contributed by atoms with van der Waals surface area (Å²) in [5, 5.41) is 3.45. The fourth-order valence-electron chi connectivity index (χ4n) is 2.11. The Kier molecular flexibility index (Phi) is 3.26. The van der Waals surface area contributed by atoms with Crippen molar-refractivity contribution >= 4 is 5.95 Å². The van der Waals surface area contributed by atoms with E-state index in [2.05, 4.69) is 39.8 Å². The van der Waals surface area contributed by atoms with Gasteiger partial charge in [-0.25, -0.2) is 4.98 Å². The molecule has 0 amide bonds. The molecule has 1 aromatic heterocycles. The Balaban J connectivity index is 2.10. The van der Waals surface area contributed by atoms with Gasteiger partial charge < -0.3 is 14.8 Å². The van der Waals surface area contributed by atoms with E-state index in [1.165, 1.54) is 0 Å². The Morgan fingerprint density at radius 3 is 3.20 bits per heavy atom. The molecule has 1 aliphatic rings. The van der Waals surface area contributed by atoms with Crippen LogP contribution >= 0.6 is 0 Å². The Hall–Kier alpha value is -1.03. The fraction of sp³-hybridized carbons (Fsp3) is 0.727. The molecule has 0 bridgehead atoms. The first-order chi connectivity index (χ1) is 7.31. The molecule has 1 aromatic rings. The largest absolute Gasteiger partial charge is 0.339 e. The molecular weight excluding hydrogens is 188 g/mol. The first-order valence-corrected chi connectivity index (χ1v) is 5.80. The van der Waals surface area contributed by atoms with Crippen molar-refractivity contribution in [2.24, 2.45) is 0 Å². The number of anilines is 1. The third kappa shape index (κ3) is 2.31. The van der Waals surface area contributed by atoms with Crippen molar-refractivity contribution in [1.29, 1.82) is 0 Å². The Morgan fingerprint density at radius 2 is 2.47 bits per heavy atom. The van der Waals surface area contributed by atoms with E-state index in [4.69, 9.17) is 0 Å². The van der Waals surface area contributed by atoms with Crippen LogP contribution in [0.2, 0.25) is 0 Å². The second-order valence-corrected chi connectivity index (χ2v) is 4.22. The molecule has 0 spiro atoms. The molecule has 0 aliphatic carbocycles. The Labute approximate surface area is 91.3 Å². The second kappa shape index (κ2) is 4.66. The standard InChI is InChI=1S/C11H20N4/c1-3-6-14-7-5-13-11(14)15-8-4-12-10(2)9-15/h5,7,10,12H,3-4,6,8-9H2,1-2H3/t10-/m1/s1. The maximum absolute atomic E-state index is 4.45. The van der Waals surface area contributed by atoms with E-state index in [1.54, 1.807) is 0 Å². The van der Waals surface area contributed by atoms with Gasteiger partial charge in [-0.05, 0) is 13.3 Å². The Bertz CT molecular complexity index is 307. The van der Waals surface area contributed by atoms with Crippen LogP contribution in [0.1, 0.15) is 20.3 Å². The van der Waals surface area contributed by atoms with Crippen LogP contribution in [0.5, 0.6) is 0 Å². The number of nitrogens with one attached hydrogen (secondary N) is 1. The molecule has 1 aliphatic heterocycles. The Morgan fingerprint density at radius 1 is 1.60 bits per heavy atom. The van der Waals surface area contributed by atoms with E-state index in [9.17, 15) is 0 Å². The van der Waals surface area contributed by atoms with Crippen LogP contribution in [-0.2, 0) is 6.54 Å². The van der Waals surface area contributed by atoms with E-state index in [1.807, 2.05) is 6.20 Å². The van der Waals surface area contributed by atoms with Crippen molar-refractivity contribution in [2.45, 2.75) is 32.9 Å². The van der Waals surface area contributed by atoms with Crippen molar-refractivity contribution in [3.05, 3.63) is 12.4 Å². The summed E-state index contributed by atoms with van der Waals surface area (Å²) in [4.78, 5) is 6.83. The van der Waals surface area contributed by atoms with Crippen molar-refractivity contribution in [3.8, 4) is 0 Å². The van der Waals surface area contributed by atoms with Crippen LogP contribution in [0.15, 0.2) is 12.4 Å². The average Bonchev–Trinajstić information content (AvgIpc) is 2.66. The van der Waals surface area contributed by atoms with E-state index in [0.717, 1.165) is 38.5 Å². The van der Waals surface area contributed by atoms with Crippen LogP contribution in [0.25, 0.3) is 0 Å². The van der Waals surface area contributed by atoms with Crippen molar-refractivity contribution in [3.63, 3.8) is 0 Å². The zero-order chi connectivity index (χ0) is 10.7. The van der Waals surface area contributed by atoms with Gasteiger partial charge in [-0.1, -0.05) is 6.92 Å². The minimum atomic E-state index is 0.561. The summed E-state index contributed by atoms with van der Waals surface area (Å²) in [5.41, 5.74) is 0. The van der Waals surface area contributed by atoms with Crippen molar-refractivity contribution < 1.29 is 0 Å². The first kappa shape index (κ1) is 10.5. The molecule has 0 aromatic carbocycles. The molecule has 4 nitrogen and oxygen atoms in total. The summed E-state index contributed by atoms with van der Waals surface area (Å²) in [7, 11) is 0. The zero-order valence-electron chi connectivity index (χ0n) is 9.61. The van der Waals surface area contributed by atoms with E-state index < -0.39 is 0 Å². The van der Waals surface area contributed by atoms with Gasteiger partial charge in [0.05, 0.1) is 0 Å². The molecule has 0 radical (unpaired) electrons. The summed E-state index contributed by atoms with van der Waals surface area (Å²) in [6.07, 6.45) is 5.13. The lowest BCUT2D eigenvalue weighted by Gasteiger charge is -2.32. The predicted octanol–water partition coefficient (Wildman–Crippen LogP) is 1.09. The molecule has 1 N–H and O–H groups in total. The number of aryl methyl sites for hydroxylation is 1.